The first-order valence-corrected chi connectivity index (χ1v) is 8.51. The van der Waals surface area contributed by atoms with Gasteiger partial charge in [-0.05, 0) is 46.0 Å². The highest BCUT2D eigenvalue weighted by atomic mass is 35.5. The third-order valence-electron chi connectivity index (χ3n) is 4.60. The number of benzene rings is 2. The van der Waals surface area contributed by atoms with Gasteiger partial charge in [0.25, 0.3) is 0 Å². The lowest BCUT2D eigenvalue weighted by atomic mass is 9.93. The summed E-state index contributed by atoms with van der Waals surface area (Å²) in [6, 6.07) is 16.8. The number of nitrogens with zero attached hydrogens (tertiary/aromatic N) is 4. The van der Waals surface area contributed by atoms with E-state index in [1.807, 2.05) is 28.9 Å². The fourth-order valence-corrected chi connectivity index (χ4v) is 3.51. The summed E-state index contributed by atoms with van der Waals surface area (Å²) in [5.41, 5.74) is 3.62. The molecule has 1 aliphatic rings. The monoisotopic (exact) mass is 339 g/mol. The third-order valence-corrected chi connectivity index (χ3v) is 4.95. The summed E-state index contributed by atoms with van der Waals surface area (Å²) in [5, 5.41) is 16.3. The van der Waals surface area contributed by atoms with Crippen molar-refractivity contribution in [1.82, 2.24) is 20.2 Å². The van der Waals surface area contributed by atoms with Crippen LogP contribution >= 0.6 is 11.6 Å². The van der Waals surface area contributed by atoms with Crippen LogP contribution in [0, 0.1) is 0 Å². The molecule has 24 heavy (non-hydrogen) atoms. The number of fused-ring (bicyclic) bond motifs is 1. The summed E-state index contributed by atoms with van der Waals surface area (Å²) in [6.45, 7) is 2.16. The average Bonchev–Trinajstić information content (AvgIpc) is 3.10. The number of hydrogen-bond acceptors (Lipinski definition) is 4. The van der Waals surface area contributed by atoms with Crippen molar-refractivity contribution in [2.24, 2.45) is 0 Å². The van der Waals surface area contributed by atoms with Gasteiger partial charge in [0.05, 0.1) is 12.1 Å². The lowest BCUT2D eigenvalue weighted by molar-refractivity contribution is 0.424. The Morgan fingerprint density at radius 3 is 2.71 bits per heavy atom. The average molecular weight is 340 g/mol. The SMILES string of the molecule is CCc1ccc(C2CC(c3ccccc3Cl)n3nnnc3N2)cc1. The van der Waals surface area contributed by atoms with E-state index in [1.165, 1.54) is 11.1 Å². The van der Waals surface area contributed by atoms with Crippen molar-refractivity contribution in [2.75, 3.05) is 5.32 Å². The van der Waals surface area contributed by atoms with Gasteiger partial charge in [-0.3, -0.25) is 0 Å². The van der Waals surface area contributed by atoms with Gasteiger partial charge in [-0.25, -0.2) is 4.68 Å². The van der Waals surface area contributed by atoms with E-state index in [1.54, 1.807) is 0 Å². The molecule has 2 atom stereocenters. The van der Waals surface area contributed by atoms with Gasteiger partial charge in [0.15, 0.2) is 0 Å². The van der Waals surface area contributed by atoms with E-state index in [2.05, 4.69) is 52.0 Å². The van der Waals surface area contributed by atoms with E-state index in [0.29, 0.717) is 5.95 Å². The standard InChI is InChI=1S/C18H18ClN5/c1-2-12-7-9-13(10-8-12)16-11-17(14-5-3-4-6-15(14)19)24-18(20-16)21-22-23-24/h3-10,16-17H,2,11H2,1H3,(H,20,21,23). The second-order valence-corrected chi connectivity index (χ2v) is 6.42. The zero-order valence-electron chi connectivity index (χ0n) is 13.4. The van der Waals surface area contributed by atoms with Crippen LogP contribution in [0.5, 0.6) is 0 Å². The van der Waals surface area contributed by atoms with Gasteiger partial charge in [-0.1, -0.05) is 66.1 Å². The first-order valence-electron chi connectivity index (χ1n) is 8.14. The summed E-state index contributed by atoms with van der Waals surface area (Å²) in [6.07, 6.45) is 1.88. The van der Waals surface area contributed by atoms with Gasteiger partial charge < -0.3 is 5.32 Å². The summed E-state index contributed by atoms with van der Waals surface area (Å²) in [5.74, 6) is 0.677. The Bertz CT molecular complexity index is 843. The van der Waals surface area contributed by atoms with Crippen LogP contribution in [0.15, 0.2) is 48.5 Å². The summed E-state index contributed by atoms with van der Waals surface area (Å²) in [7, 11) is 0. The van der Waals surface area contributed by atoms with E-state index < -0.39 is 0 Å². The molecule has 0 fully saturated rings. The van der Waals surface area contributed by atoms with Crippen LogP contribution in [0.3, 0.4) is 0 Å². The van der Waals surface area contributed by atoms with Gasteiger partial charge in [-0.2, -0.15) is 0 Å². The highest BCUT2D eigenvalue weighted by molar-refractivity contribution is 6.31. The van der Waals surface area contributed by atoms with E-state index in [9.17, 15) is 0 Å². The molecule has 4 rings (SSSR count). The molecule has 3 aromatic rings. The highest BCUT2D eigenvalue weighted by Gasteiger charge is 2.31. The molecule has 2 aromatic carbocycles. The first kappa shape index (κ1) is 15.1. The van der Waals surface area contributed by atoms with Gasteiger partial charge in [-0.15, -0.1) is 0 Å². The van der Waals surface area contributed by atoms with Crippen LogP contribution in [0.4, 0.5) is 5.95 Å². The Labute approximate surface area is 145 Å². The largest absolute Gasteiger partial charge is 0.346 e. The number of anilines is 1. The zero-order valence-corrected chi connectivity index (χ0v) is 14.1. The van der Waals surface area contributed by atoms with E-state index in [4.69, 9.17) is 11.6 Å². The summed E-state index contributed by atoms with van der Waals surface area (Å²) < 4.78 is 1.82. The van der Waals surface area contributed by atoms with Gasteiger partial charge in [0.1, 0.15) is 0 Å². The molecule has 0 radical (unpaired) electrons. The van der Waals surface area contributed by atoms with Crippen LogP contribution in [0.1, 0.15) is 42.1 Å². The number of hydrogen-bond donors (Lipinski definition) is 1. The lowest BCUT2D eigenvalue weighted by Gasteiger charge is -2.31. The van der Waals surface area contributed by atoms with Gasteiger partial charge in [0.2, 0.25) is 5.95 Å². The lowest BCUT2D eigenvalue weighted by Crippen LogP contribution is -2.28. The number of tetrazole rings is 1. The normalized spacial score (nSPS) is 19.6. The predicted octanol–water partition coefficient (Wildman–Crippen LogP) is 4.04. The number of nitrogens with one attached hydrogen (secondary N) is 1. The number of aryl methyl sites for hydroxylation is 1. The molecule has 0 aliphatic carbocycles. The topological polar surface area (TPSA) is 55.6 Å². The predicted molar refractivity (Wildman–Crippen MR) is 94.2 cm³/mol. The third kappa shape index (κ3) is 2.65. The molecule has 1 aliphatic heterocycles. The Balaban J connectivity index is 1.72. The van der Waals surface area contributed by atoms with Crippen LogP contribution in [0.2, 0.25) is 5.02 Å². The zero-order chi connectivity index (χ0) is 16.5. The Morgan fingerprint density at radius 2 is 1.96 bits per heavy atom. The number of halogens is 1. The highest BCUT2D eigenvalue weighted by Crippen LogP contribution is 2.39. The maximum Gasteiger partial charge on any atom is 0.243 e. The molecule has 1 aromatic heterocycles. The van der Waals surface area contributed by atoms with E-state index in [-0.39, 0.29) is 12.1 Å². The summed E-state index contributed by atoms with van der Waals surface area (Å²) in [4.78, 5) is 0. The molecular formula is C18H18ClN5. The van der Waals surface area contributed by atoms with Crippen LogP contribution in [-0.2, 0) is 6.42 Å². The van der Waals surface area contributed by atoms with Gasteiger partial charge in [0, 0.05) is 5.02 Å². The maximum atomic E-state index is 6.42. The molecule has 0 saturated heterocycles. The molecule has 6 heteroatoms. The van der Waals surface area contributed by atoms with Crippen molar-refractivity contribution in [3.8, 4) is 0 Å². The van der Waals surface area contributed by atoms with Gasteiger partial charge >= 0.3 is 0 Å². The van der Waals surface area contributed by atoms with Crippen molar-refractivity contribution in [3.05, 3.63) is 70.2 Å². The van der Waals surface area contributed by atoms with Crippen LogP contribution in [0.25, 0.3) is 0 Å². The molecule has 0 amide bonds. The minimum Gasteiger partial charge on any atom is -0.346 e. The molecule has 5 nitrogen and oxygen atoms in total. The fourth-order valence-electron chi connectivity index (χ4n) is 3.25. The molecule has 1 N–H and O–H groups in total. The quantitative estimate of drug-likeness (QED) is 0.782. The number of aromatic nitrogens is 4. The van der Waals surface area contributed by atoms with Crippen molar-refractivity contribution < 1.29 is 0 Å². The molecular weight excluding hydrogens is 322 g/mol. The van der Waals surface area contributed by atoms with Crippen molar-refractivity contribution in [1.29, 1.82) is 0 Å². The second-order valence-electron chi connectivity index (χ2n) is 6.01. The Kier molecular flexibility index (Phi) is 3.94. The van der Waals surface area contributed by atoms with Crippen LogP contribution < -0.4 is 5.32 Å². The molecule has 0 spiro atoms. The molecule has 0 saturated carbocycles. The summed E-state index contributed by atoms with van der Waals surface area (Å²) >= 11 is 6.42. The Morgan fingerprint density at radius 1 is 1.17 bits per heavy atom. The van der Waals surface area contributed by atoms with Crippen molar-refractivity contribution in [2.45, 2.75) is 31.8 Å². The van der Waals surface area contributed by atoms with E-state index in [0.717, 1.165) is 23.4 Å². The first-order chi connectivity index (χ1) is 11.8. The van der Waals surface area contributed by atoms with E-state index >= 15 is 0 Å². The molecule has 2 unspecified atom stereocenters. The minimum atomic E-state index is 0.0146. The Hall–Kier alpha value is -2.40. The second kappa shape index (κ2) is 6.24. The fraction of sp³-hybridized carbons (Fsp3) is 0.278. The van der Waals surface area contributed by atoms with Crippen LogP contribution in [-0.4, -0.2) is 20.2 Å². The maximum absolute atomic E-state index is 6.42. The molecule has 122 valence electrons. The smallest absolute Gasteiger partial charge is 0.243 e. The minimum absolute atomic E-state index is 0.0146. The number of rotatable bonds is 3. The molecule has 0 bridgehead atoms. The molecule has 2 heterocycles. The van der Waals surface area contributed by atoms with Crippen molar-refractivity contribution in [3.63, 3.8) is 0 Å². The van der Waals surface area contributed by atoms with Crippen molar-refractivity contribution >= 4 is 17.5 Å².